The van der Waals surface area contributed by atoms with Gasteiger partial charge in [-0.1, -0.05) is 23.7 Å². The molecule has 1 aromatic carbocycles. The second-order valence-electron chi connectivity index (χ2n) is 3.36. The van der Waals surface area contributed by atoms with Crippen LogP contribution in [0.1, 0.15) is 5.56 Å². The normalized spacial score (nSPS) is 11.1. The van der Waals surface area contributed by atoms with Gasteiger partial charge in [-0.15, -0.1) is 0 Å². The van der Waals surface area contributed by atoms with E-state index in [0.29, 0.717) is 18.7 Å². The van der Waals surface area contributed by atoms with Crippen LogP contribution in [-0.2, 0) is 11.3 Å². The van der Waals surface area contributed by atoms with Crippen LogP contribution in [0.15, 0.2) is 18.2 Å². The Balaban J connectivity index is 2.20. The lowest BCUT2D eigenvalue weighted by atomic mass is 10.2. The maximum absolute atomic E-state index is 13.0. The number of ether oxygens (including phenoxy) is 1. The Labute approximate surface area is 103 Å². The number of rotatable bonds is 7. The highest BCUT2D eigenvalue weighted by Crippen LogP contribution is 2.19. The van der Waals surface area contributed by atoms with Crippen molar-refractivity contribution in [2.75, 3.05) is 19.8 Å². The molecule has 0 spiro atoms. The van der Waals surface area contributed by atoms with Crippen molar-refractivity contribution in [2.45, 2.75) is 13.0 Å². The van der Waals surface area contributed by atoms with E-state index in [9.17, 15) is 13.2 Å². The predicted octanol–water partition coefficient (Wildman–Crippen LogP) is 2.85. The van der Waals surface area contributed by atoms with Crippen molar-refractivity contribution in [3.8, 4) is 0 Å². The first kappa shape index (κ1) is 14.3. The molecule has 1 rings (SSSR count). The third-order valence-corrected chi connectivity index (χ3v) is 2.44. The summed E-state index contributed by atoms with van der Waals surface area (Å²) in [5, 5.41) is 3.00. The molecule has 0 saturated carbocycles. The summed E-state index contributed by atoms with van der Waals surface area (Å²) in [6.45, 7) is 0.383. The molecule has 96 valence electrons. The zero-order valence-electron chi connectivity index (χ0n) is 9.06. The quantitative estimate of drug-likeness (QED) is 0.767. The van der Waals surface area contributed by atoms with E-state index in [1.54, 1.807) is 12.1 Å². The molecule has 0 aliphatic carbocycles. The highest BCUT2D eigenvalue weighted by atomic mass is 35.5. The van der Waals surface area contributed by atoms with Crippen LogP contribution in [0, 0.1) is 5.82 Å². The van der Waals surface area contributed by atoms with Crippen molar-refractivity contribution in [2.24, 2.45) is 0 Å². The highest BCUT2D eigenvalue weighted by Gasteiger charge is 2.05. The minimum Gasteiger partial charge on any atom is -0.374 e. The van der Waals surface area contributed by atoms with Crippen molar-refractivity contribution in [1.82, 2.24) is 5.32 Å². The van der Waals surface area contributed by atoms with Gasteiger partial charge in [0.2, 0.25) is 0 Å². The van der Waals surface area contributed by atoms with Gasteiger partial charge in [-0.05, 0) is 11.6 Å². The lowest BCUT2D eigenvalue weighted by Crippen LogP contribution is -2.20. The minimum absolute atomic E-state index is 0.0773. The largest absolute Gasteiger partial charge is 0.374 e. The van der Waals surface area contributed by atoms with E-state index in [4.69, 9.17) is 11.6 Å². The third-order valence-electron chi connectivity index (χ3n) is 2.01. The Morgan fingerprint density at radius 1 is 1.35 bits per heavy atom. The van der Waals surface area contributed by atoms with Crippen molar-refractivity contribution in [1.29, 1.82) is 0 Å². The maximum Gasteiger partial charge on any atom is 0.261 e. The lowest BCUT2D eigenvalue weighted by molar-refractivity contribution is 0.0187. The van der Waals surface area contributed by atoms with E-state index in [1.165, 1.54) is 6.07 Å². The Morgan fingerprint density at radius 2 is 2.12 bits per heavy atom. The molecule has 0 radical (unpaired) electrons. The summed E-state index contributed by atoms with van der Waals surface area (Å²) in [7, 11) is 0. The topological polar surface area (TPSA) is 21.3 Å². The summed E-state index contributed by atoms with van der Waals surface area (Å²) in [5.74, 6) is -0.472. The molecule has 0 amide bonds. The first-order valence-electron chi connectivity index (χ1n) is 5.10. The van der Waals surface area contributed by atoms with Gasteiger partial charge < -0.3 is 10.1 Å². The molecule has 1 aromatic rings. The Morgan fingerprint density at radius 3 is 2.82 bits per heavy atom. The van der Waals surface area contributed by atoms with Crippen LogP contribution in [0.4, 0.5) is 13.2 Å². The number of halogens is 4. The summed E-state index contributed by atoms with van der Waals surface area (Å²) < 4.78 is 41.1. The summed E-state index contributed by atoms with van der Waals surface area (Å²) >= 11 is 5.73. The minimum atomic E-state index is -2.45. The van der Waals surface area contributed by atoms with E-state index in [2.05, 4.69) is 10.1 Å². The number of benzene rings is 1. The smallest absolute Gasteiger partial charge is 0.261 e. The molecule has 0 heterocycles. The molecule has 0 bridgehead atoms. The van der Waals surface area contributed by atoms with Crippen LogP contribution < -0.4 is 5.32 Å². The molecule has 0 fully saturated rings. The molecule has 1 N–H and O–H groups in total. The Hall–Kier alpha value is -0.780. The van der Waals surface area contributed by atoms with Gasteiger partial charge in [0.15, 0.2) is 0 Å². The zero-order chi connectivity index (χ0) is 12.7. The predicted molar refractivity (Wildman–Crippen MR) is 59.9 cm³/mol. The van der Waals surface area contributed by atoms with Gasteiger partial charge in [-0.25, -0.2) is 13.2 Å². The summed E-state index contributed by atoms with van der Waals surface area (Å²) in [6.07, 6.45) is -2.45. The fourth-order valence-electron chi connectivity index (χ4n) is 1.22. The standard InChI is InChI=1S/C11H13ClF3NO/c12-11-8(2-1-3-9(11)13)6-16-4-5-17-7-10(14)15/h1-3,10,16H,4-7H2. The number of hydrogen-bond acceptors (Lipinski definition) is 2. The van der Waals surface area contributed by atoms with Gasteiger partial charge in [0.1, 0.15) is 12.4 Å². The highest BCUT2D eigenvalue weighted by molar-refractivity contribution is 6.31. The number of nitrogens with one attached hydrogen (secondary N) is 1. The van der Waals surface area contributed by atoms with E-state index in [-0.39, 0.29) is 11.6 Å². The molecule has 0 unspecified atom stereocenters. The van der Waals surface area contributed by atoms with Gasteiger partial charge in [0.05, 0.1) is 11.6 Å². The monoisotopic (exact) mass is 267 g/mol. The maximum atomic E-state index is 13.0. The molecule has 2 nitrogen and oxygen atoms in total. The molecule has 0 atom stereocenters. The molecule has 0 aliphatic heterocycles. The van der Waals surface area contributed by atoms with Gasteiger partial charge in [-0.3, -0.25) is 0 Å². The third kappa shape index (κ3) is 5.39. The second kappa shape index (κ2) is 7.53. The average Bonchev–Trinajstić information content (AvgIpc) is 2.28. The van der Waals surface area contributed by atoms with E-state index in [1.807, 2.05) is 0 Å². The van der Waals surface area contributed by atoms with Gasteiger partial charge in [-0.2, -0.15) is 0 Å². The SMILES string of the molecule is Fc1cccc(CNCCOCC(F)F)c1Cl. The molecule has 0 aromatic heterocycles. The lowest BCUT2D eigenvalue weighted by Gasteiger charge is -2.07. The van der Waals surface area contributed by atoms with Crippen molar-refractivity contribution < 1.29 is 17.9 Å². The van der Waals surface area contributed by atoms with Crippen molar-refractivity contribution >= 4 is 11.6 Å². The Bertz CT molecular complexity index is 349. The fourth-order valence-corrected chi connectivity index (χ4v) is 1.42. The van der Waals surface area contributed by atoms with Crippen LogP contribution in [0.2, 0.25) is 5.02 Å². The molecule has 6 heteroatoms. The Kier molecular flexibility index (Phi) is 6.32. The first-order valence-corrected chi connectivity index (χ1v) is 5.48. The molecule has 0 aliphatic rings. The van der Waals surface area contributed by atoms with Crippen molar-refractivity contribution in [3.63, 3.8) is 0 Å². The summed E-state index contributed by atoms with van der Waals surface area (Å²) in [5.41, 5.74) is 0.625. The number of alkyl halides is 2. The van der Waals surface area contributed by atoms with Crippen LogP contribution in [0.25, 0.3) is 0 Å². The van der Waals surface area contributed by atoms with Crippen LogP contribution in [-0.4, -0.2) is 26.2 Å². The first-order chi connectivity index (χ1) is 8.11. The molecule has 17 heavy (non-hydrogen) atoms. The van der Waals surface area contributed by atoms with E-state index >= 15 is 0 Å². The van der Waals surface area contributed by atoms with Crippen molar-refractivity contribution in [3.05, 3.63) is 34.6 Å². The van der Waals surface area contributed by atoms with E-state index in [0.717, 1.165) is 0 Å². The van der Waals surface area contributed by atoms with Gasteiger partial charge >= 0.3 is 0 Å². The second-order valence-corrected chi connectivity index (χ2v) is 3.73. The fraction of sp³-hybridized carbons (Fsp3) is 0.455. The van der Waals surface area contributed by atoms with Crippen LogP contribution >= 0.6 is 11.6 Å². The summed E-state index contributed by atoms with van der Waals surface area (Å²) in [6, 6.07) is 4.53. The zero-order valence-corrected chi connectivity index (χ0v) is 9.81. The molecular formula is C11H13ClF3NO. The molecular weight excluding hydrogens is 255 g/mol. The van der Waals surface area contributed by atoms with Gasteiger partial charge in [0, 0.05) is 13.1 Å². The average molecular weight is 268 g/mol. The van der Waals surface area contributed by atoms with Crippen LogP contribution in [0.5, 0.6) is 0 Å². The number of hydrogen-bond donors (Lipinski definition) is 1. The van der Waals surface area contributed by atoms with Crippen LogP contribution in [0.3, 0.4) is 0 Å². The van der Waals surface area contributed by atoms with Gasteiger partial charge in [0.25, 0.3) is 6.43 Å². The summed E-state index contributed by atoms with van der Waals surface area (Å²) in [4.78, 5) is 0. The molecule has 0 saturated heterocycles. The van der Waals surface area contributed by atoms with E-state index < -0.39 is 18.8 Å².